The summed E-state index contributed by atoms with van der Waals surface area (Å²) < 4.78 is 0. The molecule has 4 heteroatoms. The highest BCUT2D eigenvalue weighted by atomic mass is 16.3. The van der Waals surface area contributed by atoms with E-state index >= 15 is 0 Å². The SMILES string of the molecule is Nc1ccc(NCCO)c(-c2ccc[nH]2)c1. The molecule has 2 rings (SSSR count). The van der Waals surface area contributed by atoms with Crippen molar-refractivity contribution in [1.29, 1.82) is 0 Å². The molecule has 0 bridgehead atoms. The minimum absolute atomic E-state index is 0.106. The molecule has 0 spiro atoms. The normalized spacial score (nSPS) is 10.3. The number of aliphatic hydroxyl groups excluding tert-OH is 1. The van der Waals surface area contributed by atoms with Gasteiger partial charge in [0.25, 0.3) is 0 Å². The van der Waals surface area contributed by atoms with Crippen molar-refractivity contribution >= 4 is 11.4 Å². The molecule has 0 saturated carbocycles. The summed E-state index contributed by atoms with van der Waals surface area (Å²) in [5.41, 5.74) is 9.48. The van der Waals surface area contributed by atoms with Gasteiger partial charge in [0, 0.05) is 35.4 Å². The number of hydrogen-bond donors (Lipinski definition) is 4. The second-order valence-corrected chi connectivity index (χ2v) is 3.54. The van der Waals surface area contributed by atoms with Gasteiger partial charge in [0.15, 0.2) is 0 Å². The summed E-state index contributed by atoms with van der Waals surface area (Å²) in [6.45, 7) is 0.631. The minimum atomic E-state index is 0.106. The third-order valence-electron chi connectivity index (χ3n) is 2.36. The first kappa shape index (κ1) is 10.6. The number of rotatable bonds is 4. The number of aromatic nitrogens is 1. The average molecular weight is 217 g/mol. The van der Waals surface area contributed by atoms with Gasteiger partial charge in [0.05, 0.1) is 6.61 Å². The van der Waals surface area contributed by atoms with Crippen molar-refractivity contribution in [2.24, 2.45) is 0 Å². The molecule has 0 atom stereocenters. The number of benzene rings is 1. The average Bonchev–Trinajstić information content (AvgIpc) is 2.80. The van der Waals surface area contributed by atoms with Gasteiger partial charge in [-0.25, -0.2) is 0 Å². The van der Waals surface area contributed by atoms with E-state index in [2.05, 4.69) is 10.3 Å². The van der Waals surface area contributed by atoms with Crippen LogP contribution in [0.5, 0.6) is 0 Å². The lowest BCUT2D eigenvalue weighted by Crippen LogP contribution is -2.06. The van der Waals surface area contributed by atoms with E-state index in [1.165, 1.54) is 0 Å². The van der Waals surface area contributed by atoms with Gasteiger partial charge in [-0.3, -0.25) is 0 Å². The van der Waals surface area contributed by atoms with E-state index in [0.29, 0.717) is 6.54 Å². The van der Waals surface area contributed by atoms with Crippen molar-refractivity contribution in [1.82, 2.24) is 4.98 Å². The molecule has 0 fully saturated rings. The van der Waals surface area contributed by atoms with E-state index in [4.69, 9.17) is 10.8 Å². The largest absolute Gasteiger partial charge is 0.399 e. The first-order chi connectivity index (χ1) is 7.81. The highest BCUT2D eigenvalue weighted by Crippen LogP contribution is 2.28. The smallest absolute Gasteiger partial charge is 0.0604 e. The van der Waals surface area contributed by atoms with Gasteiger partial charge >= 0.3 is 0 Å². The van der Waals surface area contributed by atoms with Gasteiger partial charge in [-0.2, -0.15) is 0 Å². The number of aromatic amines is 1. The summed E-state index contributed by atoms with van der Waals surface area (Å²) in [6.07, 6.45) is 1.87. The van der Waals surface area contributed by atoms with E-state index in [1.807, 2.05) is 36.5 Å². The summed E-state index contributed by atoms with van der Waals surface area (Å²) in [5, 5.41) is 12.0. The molecule has 1 aromatic heterocycles. The molecule has 0 saturated heterocycles. The summed E-state index contributed by atoms with van der Waals surface area (Å²) in [5.74, 6) is 0. The number of nitrogens with two attached hydrogens (primary N) is 1. The summed E-state index contributed by atoms with van der Waals surface area (Å²) in [4.78, 5) is 3.14. The Labute approximate surface area is 94.1 Å². The number of nitrogens with one attached hydrogen (secondary N) is 2. The van der Waals surface area contributed by atoms with Crippen LogP contribution in [0.15, 0.2) is 36.5 Å². The molecular formula is C12H15N3O. The Morgan fingerprint density at radius 3 is 2.88 bits per heavy atom. The monoisotopic (exact) mass is 217 g/mol. The Morgan fingerprint density at radius 2 is 2.19 bits per heavy atom. The molecule has 0 unspecified atom stereocenters. The molecule has 0 aliphatic heterocycles. The predicted molar refractivity (Wildman–Crippen MR) is 66.2 cm³/mol. The van der Waals surface area contributed by atoms with E-state index in [9.17, 15) is 0 Å². The van der Waals surface area contributed by atoms with Crippen LogP contribution in [0.1, 0.15) is 0 Å². The van der Waals surface area contributed by atoms with Crippen LogP contribution in [0.2, 0.25) is 0 Å². The van der Waals surface area contributed by atoms with Crippen LogP contribution in [0.4, 0.5) is 11.4 Å². The van der Waals surface area contributed by atoms with Gasteiger partial charge in [-0.05, 0) is 30.3 Å². The number of aliphatic hydroxyl groups is 1. The van der Waals surface area contributed by atoms with E-state index in [0.717, 1.165) is 22.6 Å². The maximum Gasteiger partial charge on any atom is 0.0604 e. The Kier molecular flexibility index (Phi) is 3.12. The van der Waals surface area contributed by atoms with E-state index < -0.39 is 0 Å². The van der Waals surface area contributed by atoms with Crippen LogP contribution in [0, 0.1) is 0 Å². The maximum absolute atomic E-state index is 8.81. The fourth-order valence-electron chi connectivity index (χ4n) is 1.63. The topological polar surface area (TPSA) is 74.1 Å². The van der Waals surface area contributed by atoms with Gasteiger partial charge in [0.2, 0.25) is 0 Å². The molecule has 16 heavy (non-hydrogen) atoms. The fourth-order valence-corrected chi connectivity index (χ4v) is 1.63. The van der Waals surface area contributed by atoms with Crippen molar-refractivity contribution in [2.75, 3.05) is 24.2 Å². The fraction of sp³-hybridized carbons (Fsp3) is 0.167. The molecule has 0 amide bonds. The number of anilines is 2. The lowest BCUT2D eigenvalue weighted by atomic mass is 10.1. The summed E-state index contributed by atoms with van der Waals surface area (Å²) in [7, 11) is 0. The third-order valence-corrected chi connectivity index (χ3v) is 2.36. The van der Waals surface area contributed by atoms with Crippen LogP contribution >= 0.6 is 0 Å². The summed E-state index contributed by atoms with van der Waals surface area (Å²) >= 11 is 0. The van der Waals surface area contributed by atoms with Crippen molar-refractivity contribution in [3.63, 3.8) is 0 Å². The van der Waals surface area contributed by atoms with Gasteiger partial charge in [-0.1, -0.05) is 0 Å². The molecule has 84 valence electrons. The zero-order valence-electron chi connectivity index (χ0n) is 8.90. The molecule has 2 aromatic rings. The molecule has 1 aromatic carbocycles. The quantitative estimate of drug-likeness (QED) is 0.588. The maximum atomic E-state index is 8.81. The van der Waals surface area contributed by atoms with Crippen LogP contribution in [0.25, 0.3) is 11.3 Å². The van der Waals surface area contributed by atoms with E-state index in [1.54, 1.807) is 0 Å². The molecular weight excluding hydrogens is 202 g/mol. The number of hydrogen-bond acceptors (Lipinski definition) is 3. The third kappa shape index (κ3) is 2.17. The Hall–Kier alpha value is -1.94. The lowest BCUT2D eigenvalue weighted by Gasteiger charge is -2.11. The second-order valence-electron chi connectivity index (χ2n) is 3.54. The molecule has 4 nitrogen and oxygen atoms in total. The summed E-state index contributed by atoms with van der Waals surface area (Å²) in [6, 6.07) is 9.59. The Morgan fingerprint density at radius 1 is 1.31 bits per heavy atom. The van der Waals surface area contributed by atoms with Crippen molar-refractivity contribution in [3.05, 3.63) is 36.5 Å². The minimum Gasteiger partial charge on any atom is -0.399 e. The Balaban J connectivity index is 2.37. The van der Waals surface area contributed by atoms with Gasteiger partial charge < -0.3 is 21.1 Å². The lowest BCUT2D eigenvalue weighted by molar-refractivity contribution is 0.311. The highest BCUT2D eigenvalue weighted by Gasteiger charge is 2.05. The zero-order chi connectivity index (χ0) is 11.4. The Bertz CT molecular complexity index is 451. The predicted octanol–water partition coefficient (Wildman–Crippen LogP) is 1.67. The van der Waals surface area contributed by atoms with Crippen molar-refractivity contribution in [3.8, 4) is 11.3 Å². The molecule has 0 aliphatic rings. The van der Waals surface area contributed by atoms with Crippen molar-refractivity contribution < 1.29 is 5.11 Å². The van der Waals surface area contributed by atoms with Crippen LogP contribution in [0.3, 0.4) is 0 Å². The van der Waals surface area contributed by atoms with Crippen LogP contribution in [-0.2, 0) is 0 Å². The molecule has 0 radical (unpaired) electrons. The number of H-pyrrole nitrogens is 1. The van der Waals surface area contributed by atoms with Crippen molar-refractivity contribution in [2.45, 2.75) is 0 Å². The second kappa shape index (κ2) is 4.72. The van der Waals surface area contributed by atoms with Crippen LogP contribution < -0.4 is 11.1 Å². The zero-order valence-corrected chi connectivity index (χ0v) is 8.90. The number of nitrogen functional groups attached to an aromatic ring is 1. The van der Waals surface area contributed by atoms with Gasteiger partial charge in [-0.15, -0.1) is 0 Å². The first-order valence-corrected chi connectivity index (χ1v) is 5.19. The first-order valence-electron chi connectivity index (χ1n) is 5.19. The molecule has 0 aliphatic carbocycles. The standard InChI is InChI=1S/C12H15N3O/c13-9-3-4-12(15-6-7-16)10(8-9)11-2-1-5-14-11/h1-5,8,14-16H,6-7,13H2. The molecule has 1 heterocycles. The highest BCUT2D eigenvalue weighted by molar-refractivity contribution is 5.78. The molecule has 5 N–H and O–H groups in total. The van der Waals surface area contributed by atoms with Gasteiger partial charge in [0.1, 0.15) is 0 Å². The van der Waals surface area contributed by atoms with Crippen LogP contribution in [-0.4, -0.2) is 23.2 Å². The van der Waals surface area contributed by atoms with E-state index in [-0.39, 0.29) is 6.61 Å².